The van der Waals surface area contributed by atoms with Crippen LogP contribution in [-0.4, -0.2) is 19.5 Å². The lowest BCUT2D eigenvalue weighted by molar-refractivity contribution is 0.477. The minimum absolute atomic E-state index is 0.125. The largest absolute Gasteiger partial charge is 0.430 e. The maximum absolute atomic E-state index is 12.2. The van der Waals surface area contributed by atoms with E-state index in [0.717, 1.165) is 0 Å². The minimum Gasteiger partial charge on any atom is -0.430 e. The van der Waals surface area contributed by atoms with Gasteiger partial charge in [-0.1, -0.05) is 6.07 Å². The van der Waals surface area contributed by atoms with Gasteiger partial charge in [0.25, 0.3) is 10.8 Å². The lowest BCUT2D eigenvalue weighted by Gasteiger charge is -2.02. The molecule has 0 aliphatic carbocycles. The fourth-order valence-corrected chi connectivity index (χ4v) is 2.85. The molecule has 0 saturated carbocycles. The van der Waals surface area contributed by atoms with Crippen LogP contribution in [0.3, 0.4) is 0 Å². The van der Waals surface area contributed by atoms with Crippen LogP contribution in [-0.2, 0) is 17.3 Å². The van der Waals surface area contributed by atoms with E-state index in [-0.39, 0.29) is 16.5 Å². The van der Waals surface area contributed by atoms with Crippen LogP contribution in [0.25, 0.3) is 11.1 Å². The van der Waals surface area contributed by atoms with E-state index in [0.29, 0.717) is 23.3 Å². The number of aromatic nitrogens is 2. The molecule has 0 aliphatic rings. The summed E-state index contributed by atoms with van der Waals surface area (Å²) in [5.74, 6) is 0.256. The van der Waals surface area contributed by atoms with Gasteiger partial charge in [0.05, 0.1) is 5.75 Å². The first kappa shape index (κ1) is 13.6. The van der Waals surface area contributed by atoms with Gasteiger partial charge >= 0.3 is 0 Å². The number of hydrogen-bond donors (Lipinski definition) is 1. The lowest BCUT2D eigenvalue weighted by atomic mass is 10.3. The van der Waals surface area contributed by atoms with Gasteiger partial charge in [-0.2, -0.15) is 0 Å². The highest BCUT2D eigenvalue weighted by Gasteiger charge is 2.13. The molecule has 7 heteroatoms. The van der Waals surface area contributed by atoms with E-state index < -0.39 is 10.8 Å². The summed E-state index contributed by atoms with van der Waals surface area (Å²) in [6.07, 6.45) is 1.66. The number of rotatable bonds is 4. The van der Waals surface area contributed by atoms with Crippen LogP contribution in [0, 0.1) is 0 Å². The van der Waals surface area contributed by atoms with Crippen molar-refractivity contribution in [2.24, 2.45) is 0 Å². The summed E-state index contributed by atoms with van der Waals surface area (Å²) in [6.45, 7) is 0.340. The van der Waals surface area contributed by atoms with Crippen LogP contribution in [0.15, 0.2) is 57.0 Å². The summed E-state index contributed by atoms with van der Waals surface area (Å²) < 4.78 is 19.1. The van der Waals surface area contributed by atoms with Crippen LogP contribution in [0.4, 0.5) is 5.69 Å². The predicted octanol–water partition coefficient (Wildman–Crippen LogP) is 1.38. The van der Waals surface area contributed by atoms with Crippen LogP contribution in [0.1, 0.15) is 0 Å². The fraction of sp³-hybridized carbons (Fsp3) is 0.143. The van der Waals surface area contributed by atoms with Crippen molar-refractivity contribution in [1.29, 1.82) is 0 Å². The maximum atomic E-state index is 12.2. The molecule has 0 bridgehead atoms. The van der Waals surface area contributed by atoms with Crippen molar-refractivity contribution < 1.29 is 8.63 Å². The molecular weight excluding hydrogens is 290 g/mol. The van der Waals surface area contributed by atoms with Gasteiger partial charge in [-0.3, -0.25) is 4.79 Å². The molecule has 0 spiro atoms. The first-order valence-electron chi connectivity index (χ1n) is 6.33. The van der Waals surface area contributed by atoms with E-state index >= 15 is 0 Å². The van der Waals surface area contributed by atoms with E-state index in [4.69, 9.17) is 10.2 Å². The average Bonchev–Trinajstić information content (AvgIpc) is 2.89. The molecule has 108 valence electrons. The third kappa shape index (κ3) is 2.87. The topological polar surface area (TPSA) is 91.1 Å². The highest BCUT2D eigenvalue weighted by molar-refractivity contribution is 7.84. The lowest BCUT2D eigenvalue weighted by Crippen LogP contribution is -2.20. The van der Waals surface area contributed by atoms with Gasteiger partial charge in [-0.05, 0) is 18.2 Å². The third-order valence-corrected chi connectivity index (χ3v) is 4.12. The molecule has 1 unspecified atom stereocenters. The molecule has 2 aromatic heterocycles. The Morgan fingerprint density at radius 3 is 2.95 bits per heavy atom. The Labute approximate surface area is 122 Å². The average molecular weight is 303 g/mol. The summed E-state index contributed by atoms with van der Waals surface area (Å²) in [4.78, 5) is 15.7. The van der Waals surface area contributed by atoms with Crippen LogP contribution in [0.2, 0.25) is 0 Å². The van der Waals surface area contributed by atoms with Crippen LogP contribution >= 0.6 is 0 Å². The summed E-state index contributed by atoms with van der Waals surface area (Å²) in [5.41, 5.74) is 7.22. The number of benzene rings is 1. The van der Waals surface area contributed by atoms with Crippen molar-refractivity contribution >= 4 is 27.6 Å². The van der Waals surface area contributed by atoms with Gasteiger partial charge in [-0.15, -0.1) is 0 Å². The molecule has 6 nitrogen and oxygen atoms in total. The van der Waals surface area contributed by atoms with E-state index in [1.807, 2.05) is 0 Å². The molecule has 1 atom stereocenters. The zero-order chi connectivity index (χ0) is 14.8. The Hall–Kier alpha value is -2.41. The number of hydrogen-bond acceptors (Lipinski definition) is 5. The van der Waals surface area contributed by atoms with Crippen molar-refractivity contribution in [3.05, 3.63) is 52.9 Å². The number of fused-ring (bicyclic) bond motifs is 1. The molecule has 2 heterocycles. The number of pyridine rings is 1. The minimum atomic E-state index is -1.41. The standard InChI is InChI=1S/C14H13N3O3S/c15-10-4-5-11-12(9-10)20-14(16-11)21(19)8-7-17-6-2-1-3-13(17)18/h1-6,9H,7-8,15H2. The number of nitrogen functional groups attached to an aromatic ring is 1. The number of aryl methyl sites for hydroxylation is 1. The van der Waals surface area contributed by atoms with Gasteiger partial charge in [-0.25, -0.2) is 9.19 Å². The fourth-order valence-electron chi connectivity index (χ4n) is 1.93. The van der Waals surface area contributed by atoms with E-state index in [2.05, 4.69) is 4.98 Å². The Morgan fingerprint density at radius 2 is 2.14 bits per heavy atom. The number of oxazole rings is 1. The molecule has 0 radical (unpaired) electrons. The summed E-state index contributed by atoms with van der Waals surface area (Å²) in [7, 11) is -1.41. The van der Waals surface area contributed by atoms with Gasteiger partial charge in [0, 0.05) is 30.6 Å². The third-order valence-electron chi connectivity index (χ3n) is 3.00. The predicted molar refractivity (Wildman–Crippen MR) is 80.4 cm³/mol. The first-order chi connectivity index (χ1) is 10.1. The molecule has 3 aromatic rings. The molecule has 0 saturated heterocycles. The highest BCUT2D eigenvalue weighted by Crippen LogP contribution is 2.20. The SMILES string of the molecule is Nc1ccc2nc(S(=O)CCn3ccccc3=O)oc2c1. The Bertz CT molecular complexity index is 869. The second-order valence-corrected chi connectivity index (χ2v) is 5.94. The van der Waals surface area contributed by atoms with Gasteiger partial charge in [0.1, 0.15) is 16.3 Å². The van der Waals surface area contributed by atoms with Gasteiger partial charge in [0.15, 0.2) is 5.58 Å². The van der Waals surface area contributed by atoms with Crippen molar-refractivity contribution in [3.63, 3.8) is 0 Å². The summed E-state index contributed by atoms with van der Waals surface area (Å²) in [6, 6.07) is 9.96. The Balaban J connectivity index is 1.78. The van der Waals surface area contributed by atoms with Crippen molar-refractivity contribution in [1.82, 2.24) is 9.55 Å². The molecule has 3 rings (SSSR count). The smallest absolute Gasteiger partial charge is 0.288 e. The molecular formula is C14H13N3O3S. The second-order valence-electron chi connectivity index (χ2n) is 4.49. The molecule has 0 aliphatic heterocycles. The van der Waals surface area contributed by atoms with Crippen LogP contribution < -0.4 is 11.3 Å². The van der Waals surface area contributed by atoms with Gasteiger partial charge in [0.2, 0.25) is 0 Å². The maximum Gasteiger partial charge on any atom is 0.288 e. The first-order valence-corrected chi connectivity index (χ1v) is 7.65. The molecule has 21 heavy (non-hydrogen) atoms. The summed E-state index contributed by atoms with van der Waals surface area (Å²) >= 11 is 0. The van der Waals surface area contributed by atoms with Crippen LogP contribution in [0.5, 0.6) is 0 Å². The zero-order valence-corrected chi connectivity index (χ0v) is 11.9. The van der Waals surface area contributed by atoms with E-state index in [1.165, 1.54) is 10.6 Å². The van der Waals surface area contributed by atoms with E-state index in [1.54, 1.807) is 36.5 Å². The molecule has 0 amide bonds. The number of nitrogens with zero attached hydrogens (tertiary/aromatic N) is 2. The summed E-state index contributed by atoms with van der Waals surface area (Å²) in [5, 5.41) is 0.152. The zero-order valence-electron chi connectivity index (χ0n) is 11.1. The Kier molecular flexibility index (Phi) is 3.57. The molecule has 1 aromatic carbocycles. The Morgan fingerprint density at radius 1 is 1.29 bits per heavy atom. The molecule has 2 N–H and O–H groups in total. The monoisotopic (exact) mass is 303 g/mol. The second kappa shape index (κ2) is 5.53. The van der Waals surface area contributed by atoms with Crippen molar-refractivity contribution in [2.75, 3.05) is 11.5 Å². The highest BCUT2D eigenvalue weighted by atomic mass is 32.2. The van der Waals surface area contributed by atoms with E-state index in [9.17, 15) is 9.00 Å². The van der Waals surface area contributed by atoms with Gasteiger partial charge < -0.3 is 14.7 Å². The quantitative estimate of drug-likeness (QED) is 0.735. The van der Waals surface area contributed by atoms with Crippen molar-refractivity contribution in [2.45, 2.75) is 11.8 Å². The van der Waals surface area contributed by atoms with Crippen molar-refractivity contribution in [3.8, 4) is 0 Å². The normalized spacial score (nSPS) is 12.6. The molecule has 0 fully saturated rings. The number of nitrogens with two attached hydrogens (primary N) is 1. The number of anilines is 1.